The minimum Gasteiger partial charge on any atom is -0.868 e. The Bertz CT molecular complexity index is 6560. The van der Waals surface area contributed by atoms with Crippen molar-refractivity contribution in [3.05, 3.63) is 376 Å². The summed E-state index contributed by atoms with van der Waals surface area (Å²) in [4.78, 5) is 21.1. The molecule has 0 aliphatic heterocycles. The van der Waals surface area contributed by atoms with Crippen LogP contribution in [0.1, 0.15) is 50.7 Å². The van der Waals surface area contributed by atoms with Crippen LogP contribution in [0.3, 0.4) is 0 Å². The van der Waals surface area contributed by atoms with Crippen LogP contribution in [-0.2, 0) is 20.1 Å². The summed E-state index contributed by atoms with van der Waals surface area (Å²) in [5.74, 6) is 3.58. The Morgan fingerprint density at radius 2 is 0.826 bits per heavy atom. The molecule has 0 aliphatic carbocycles. The summed E-state index contributed by atoms with van der Waals surface area (Å²) in [6, 6.07) is 114. The molecule has 0 aliphatic rings. The van der Waals surface area contributed by atoms with Crippen LogP contribution >= 0.6 is 11.3 Å². The van der Waals surface area contributed by atoms with Crippen molar-refractivity contribution in [3.63, 3.8) is 0 Å². The Balaban J connectivity index is 0.000000121. The number of H-pyrrole nitrogens is 1. The molecule has 0 amide bonds. The van der Waals surface area contributed by atoms with Crippen molar-refractivity contribution in [2.45, 2.75) is 39.5 Å². The van der Waals surface area contributed by atoms with E-state index in [4.69, 9.17) is 11.4 Å². The van der Waals surface area contributed by atoms with Crippen LogP contribution in [0, 0.1) is 6.07 Å². The number of nitrogens with one attached hydrogen (secondary N) is 1. The standard InChI is InChI=1S/C36H22N2S.C27H27N2.4C9H7NO.Al.Ir.Li/c1-5-13-31-25(9-1)26-10-2-6-14-32(26)37(31)23-17-19-35-29(21-23)30-22-24(18-20-36(30)39-35)38-33-15-7-3-11-27(33)28-12-4-8-16-34(28)38;1-19(2)24-17-23(21-11-7-5-8-12-21)18-25(20(3)4)26(24)29-16-15-28-27(29)22-13-9-6-10-14-22;4*11-8-5-1-3-7-4-2-6-10-9(7)8;;;/h1-22H;5-13,15-20H,1-4H3;4*1-6,11H;;;/q;-1;;;;;+3;;+1/p-3. The third-order valence-corrected chi connectivity index (χ3v) is 23.1. The van der Waals surface area contributed by atoms with E-state index < -0.39 is 15.1 Å². The maximum atomic E-state index is 11.1. The molecule has 0 unspecified atom stereocenters. The molecule has 115 heavy (non-hydrogen) atoms. The predicted molar refractivity (Wildman–Crippen MR) is 462 cm³/mol. The molecule has 1 radical (unpaired) electrons. The largest absolute Gasteiger partial charge is 1.20 e. The van der Waals surface area contributed by atoms with Gasteiger partial charge in [-0.3, -0.25) is 19.9 Å². The third-order valence-electron chi connectivity index (χ3n) is 20.6. The summed E-state index contributed by atoms with van der Waals surface area (Å²) in [5, 5.41) is 22.8. The van der Waals surface area contributed by atoms with Crippen LogP contribution in [0.25, 0.3) is 147 Å². The Hall–Kier alpha value is -12.5. The monoisotopic (exact) mass is 1700 g/mol. The second-order valence-electron chi connectivity index (χ2n) is 28.3. The van der Waals surface area contributed by atoms with Gasteiger partial charge in [0, 0.05) is 137 Å². The Morgan fingerprint density at radius 1 is 0.400 bits per heavy atom. The van der Waals surface area contributed by atoms with Gasteiger partial charge in [0.05, 0.1) is 27.9 Å². The second-order valence-corrected chi connectivity index (χ2v) is 30.7. The van der Waals surface area contributed by atoms with Crippen LogP contribution in [0.15, 0.2) is 359 Å². The van der Waals surface area contributed by atoms with Gasteiger partial charge in [-0.05, 0) is 161 Å². The van der Waals surface area contributed by atoms with E-state index >= 15 is 0 Å². The average molecular weight is 1700 g/mol. The summed E-state index contributed by atoms with van der Waals surface area (Å²) < 4.78 is 28.9. The molecular weight excluding hydrogens is 1620 g/mol. The number of fused-ring (bicyclic) bond motifs is 13. The fourth-order valence-corrected chi connectivity index (χ4v) is 17.7. The third kappa shape index (κ3) is 15.4. The van der Waals surface area contributed by atoms with Crippen molar-refractivity contribution in [2.24, 2.45) is 0 Å². The first-order chi connectivity index (χ1) is 55.6. The van der Waals surface area contributed by atoms with Crippen molar-refractivity contribution in [2.75, 3.05) is 0 Å². The van der Waals surface area contributed by atoms with Crippen molar-refractivity contribution in [1.82, 2.24) is 33.6 Å². The van der Waals surface area contributed by atoms with Crippen LogP contribution in [0.5, 0.6) is 23.0 Å². The summed E-state index contributed by atoms with van der Waals surface area (Å²) in [6.45, 7) is 9.07. The number of aromatic amines is 1. The molecule has 8 aromatic heterocycles. The molecule has 0 saturated heterocycles. The number of aromatic nitrogens is 8. The van der Waals surface area contributed by atoms with Gasteiger partial charge in [-0.1, -0.05) is 198 Å². The first-order valence-electron chi connectivity index (χ1n) is 37.9. The molecule has 21 aromatic rings. The second kappa shape index (κ2) is 34.1. The van der Waals surface area contributed by atoms with Gasteiger partial charge in [0.25, 0.3) is 0 Å². The van der Waals surface area contributed by atoms with Crippen LogP contribution in [0.4, 0.5) is 0 Å². The molecule has 0 atom stereocenters. The summed E-state index contributed by atoms with van der Waals surface area (Å²) in [5.41, 5.74) is 17.7. The van der Waals surface area contributed by atoms with E-state index in [9.17, 15) is 5.11 Å². The van der Waals surface area contributed by atoms with E-state index in [-0.39, 0.29) is 44.7 Å². The summed E-state index contributed by atoms with van der Waals surface area (Å²) in [7, 11) is 0. The number of pyridine rings is 4. The van der Waals surface area contributed by atoms with E-state index in [0.29, 0.717) is 34.6 Å². The zero-order valence-corrected chi connectivity index (χ0v) is 68.2. The molecule has 1 N–H and O–H groups in total. The fraction of sp³-hybridized carbons (Fsp3) is 0.0606. The van der Waals surface area contributed by atoms with E-state index in [2.05, 4.69) is 261 Å². The smallest absolute Gasteiger partial charge is 0.868 e. The molecule has 13 aromatic carbocycles. The first-order valence-corrected chi connectivity index (χ1v) is 40.1. The Morgan fingerprint density at radius 3 is 1.28 bits per heavy atom. The molecule has 0 spiro atoms. The molecule has 0 fully saturated rings. The SMILES string of the molecule is CC(C)c1cc(-c2ccccc2)cc(C(C)C)c1-n1ccnc1-c1[c-]cccc1.[Ir].[Li+].[O-]c1cccc2ccc[nH+]c12.c1ccc2c(c1)c1ccccc1n2-c1ccc2sc3ccc(-n4c5ccccc5c5ccccc54)cc3c2c1.c1cnc2c([O][Al]([O]c3cccc4cccnc34)[O]c3cccc4cccnc34)cccc2c1. The van der Waals surface area contributed by atoms with Crippen molar-refractivity contribution >= 4 is 134 Å². The first kappa shape index (κ1) is 76.5. The van der Waals surface area contributed by atoms with E-state index in [0.717, 1.165) is 49.5 Å². The zero-order valence-electron chi connectivity index (χ0n) is 63.8. The van der Waals surface area contributed by atoms with E-state index in [1.807, 2.05) is 145 Å². The number of benzene rings is 13. The molecule has 21 rings (SSSR count). The number of hydrogen-bond donors (Lipinski definition) is 0. The van der Waals surface area contributed by atoms with Gasteiger partial charge in [-0.25, -0.2) is 4.98 Å². The van der Waals surface area contributed by atoms with E-state index in [1.54, 1.807) is 36.9 Å². The fourth-order valence-electron chi connectivity index (χ4n) is 15.3. The number of thiophene rings is 1. The maximum Gasteiger partial charge on any atom is 1.20 e. The molecule has 0 saturated carbocycles. The minimum atomic E-state index is -2.86. The van der Waals surface area contributed by atoms with Gasteiger partial charge in [-0.15, -0.1) is 47.2 Å². The summed E-state index contributed by atoms with van der Waals surface area (Å²) in [6.07, 6.45) is 11.0. The van der Waals surface area contributed by atoms with E-state index in [1.165, 1.54) is 103 Å². The minimum absolute atomic E-state index is 0. The van der Waals surface area contributed by atoms with Gasteiger partial charge < -0.3 is 30.2 Å². The average Bonchev–Trinajstić information content (AvgIpc) is 1.59. The molecule has 8 heterocycles. The van der Waals surface area contributed by atoms with Gasteiger partial charge in [0.1, 0.15) is 33.8 Å². The van der Waals surface area contributed by atoms with Gasteiger partial charge in [-0.2, -0.15) is 0 Å². The van der Waals surface area contributed by atoms with Crippen LogP contribution in [0.2, 0.25) is 0 Å². The number of para-hydroxylation sites is 8. The Labute approximate surface area is 700 Å². The van der Waals surface area contributed by atoms with Crippen molar-refractivity contribution in [1.29, 1.82) is 0 Å². The molecule has 12 nitrogen and oxygen atoms in total. The molecule has 16 heteroatoms. The number of rotatable bonds is 13. The Kier molecular flexibility index (Phi) is 22.7. The number of imidazole rings is 1. The molecule has 0 bridgehead atoms. The van der Waals surface area contributed by atoms with Crippen LogP contribution in [-0.4, -0.2) is 48.8 Å². The van der Waals surface area contributed by atoms with Crippen molar-refractivity contribution < 1.29 is 60.4 Å². The number of nitrogens with zero attached hydrogens (tertiary/aromatic N) is 7. The van der Waals surface area contributed by atoms with Gasteiger partial charge >= 0.3 is 34.0 Å². The topological polar surface area (TPSA) is 131 Å². The predicted octanol–water partition coefficient (Wildman–Crippen LogP) is 21.1. The quantitative estimate of drug-likeness (QED) is 0.0824. The molecular formula is C99H74AlIrLiN8O4S. The maximum absolute atomic E-state index is 11.1. The zero-order chi connectivity index (χ0) is 76.3. The number of hydrogen-bond acceptors (Lipinski definition) is 9. The van der Waals surface area contributed by atoms with Crippen LogP contribution < -0.4 is 40.3 Å². The van der Waals surface area contributed by atoms with Gasteiger partial charge in [0.2, 0.25) is 5.52 Å². The summed E-state index contributed by atoms with van der Waals surface area (Å²) >= 11 is -0.987. The van der Waals surface area contributed by atoms with Crippen molar-refractivity contribution in [3.8, 4) is 62.6 Å². The normalized spacial score (nSPS) is 11.2. The van der Waals surface area contributed by atoms with Gasteiger partial charge in [0.15, 0.2) is 6.20 Å². The molecule has 553 valence electrons.